The molecule has 4 nitrogen and oxygen atoms in total. The van der Waals surface area contributed by atoms with Gasteiger partial charge in [-0.25, -0.2) is 0 Å². The summed E-state index contributed by atoms with van der Waals surface area (Å²) in [5.41, 5.74) is 5.60. The van der Waals surface area contributed by atoms with E-state index in [1.165, 1.54) is 0 Å². The van der Waals surface area contributed by atoms with Gasteiger partial charge in [0.2, 0.25) is 0 Å². The van der Waals surface area contributed by atoms with Crippen LogP contribution in [0, 0.1) is 0 Å². The Labute approximate surface area is 125 Å². The van der Waals surface area contributed by atoms with E-state index in [1.807, 2.05) is 6.92 Å². The van der Waals surface area contributed by atoms with E-state index >= 15 is 0 Å². The molecule has 0 aromatic heterocycles. The molecule has 1 aromatic rings. The molecule has 3 N–H and O–H groups in total. The first-order valence-electron chi connectivity index (χ1n) is 5.94. The van der Waals surface area contributed by atoms with Gasteiger partial charge in [0.1, 0.15) is 5.75 Å². The molecule has 0 fully saturated rings. The smallest absolute Gasteiger partial charge is 0.260 e. The van der Waals surface area contributed by atoms with Crippen molar-refractivity contribution in [3.8, 4) is 5.75 Å². The fourth-order valence-electron chi connectivity index (χ4n) is 1.36. The molecule has 108 valence electrons. The highest BCUT2D eigenvalue weighted by Crippen LogP contribution is 2.18. The van der Waals surface area contributed by atoms with Crippen LogP contribution in [-0.4, -0.2) is 24.6 Å². The maximum Gasteiger partial charge on any atom is 0.260 e. The predicted molar refractivity (Wildman–Crippen MR) is 80.1 cm³/mol. The van der Waals surface area contributed by atoms with Gasteiger partial charge in [0.15, 0.2) is 6.10 Å². The van der Waals surface area contributed by atoms with Gasteiger partial charge in [-0.15, -0.1) is 12.4 Å². The van der Waals surface area contributed by atoms with E-state index in [2.05, 4.69) is 5.32 Å². The summed E-state index contributed by atoms with van der Waals surface area (Å²) in [4.78, 5) is 11.7. The molecule has 0 heterocycles. The lowest BCUT2D eigenvalue weighted by Crippen LogP contribution is -2.38. The van der Waals surface area contributed by atoms with Crippen molar-refractivity contribution in [1.29, 1.82) is 0 Å². The minimum atomic E-state index is -0.559. The second-order valence-corrected chi connectivity index (χ2v) is 4.71. The van der Waals surface area contributed by atoms with Crippen molar-refractivity contribution < 1.29 is 9.53 Å². The Hall–Kier alpha value is -0.970. The molecule has 19 heavy (non-hydrogen) atoms. The first-order valence-corrected chi connectivity index (χ1v) is 6.32. The quantitative estimate of drug-likeness (QED) is 0.848. The molecule has 0 spiro atoms. The fourth-order valence-corrected chi connectivity index (χ4v) is 1.54. The van der Waals surface area contributed by atoms with Gasteiger partial charge in [0.25, 0.3) is 5.91 Å². The zero-order valence-electron chi connectivity index (χ0n) is 11.1. The lowest BCUT2D eigenvalue weighted by atomic mass is 10.2. The molecule has 1 amide bonds. The van der Waals surface area contributed by atoms with Crippen LogP contribution < -0.4 is 15.8 Å². The number of carbonyl (C=O) groups is 1. The number of halogens is 2. The van der Waals surface area contributed by atoms with Crippen LogP contribution in [0.25, 0.3) is 0 Å². The second-order valence-electron chi connectivity index (χ2n) is 4.27. The molecule has 1 rings (SSSR count). The van der Waals surface area contributed by atoms with E-state index < -0.39 is 6.10 Å². The molecule has 2 unspecified atom stereocenters. The highest BCUT2D eigenvalue weighted by atomic mass is 35.5. The summed E-state index contributed by atoms with van der Waals surface area (Å²) >= 11 is 5.83. The number of nitrogens with one attached hydrogen (secondary N) is 1. The Kier molecular flexibility index (Phi) is 8.56. The van der Waals surface area contributed by atoms with Crippen molar-refractivity contribution >= 4 is 29.9 Å². The molecule has 0 aliphatic rings. The van der Waals surface area contributed by atoms with Crippen LogP contribution in [0.15, 0.2) is 24.3 Å². The van der Waals surface area contributed by atoms with Gasteiger partial charge in [-0.05, 0) is 38.5 Å². The molecule has 0 bridgehead atoms. The van der Waals surface area contributed by atoms with E-state index in [-0.39, 0.29) is 24.4 Å². The van der Waals surface area contributed by atoms with Crippen molar-refractivity contribution in [3.05, 3.63) is 29.3 Å². The molecule has 0 saturated carbocycles. The molecule has 2 atom stereocenters. The van der Waals surface area contributed by atoms with Crippen LogP contribution in [0.3, 0.4) is 0 Å². The largest absolute Gasteiger partial charge is 0.481 e. The summed E-state index contributed by atoms with van der Waals surface area (Å²) in [6, 6.07) is 7.04. The summed E-state index contributed by atoms with van der Waals surface area (Å²) < 4.78 is 5.49. The minimum Gasteiger partial charge on any atom is -0.481 e. The Morgan fingerprint density at radius 1 is 1.47 bits per heavy atom. The molecule has 1 aromatic carbocycles. The van der Waals surface area contributed by atoms with Crippen molar-refractivity contribution in [2.24, 2.45) is 5.73 Å². The monoisotopic (exact) mass is 306 g/mol. The maximum absolute atomic E-state index is 11.7. The number of carbonyl (C=O) groups excluding carboxylic acids is 1. The van der Waals surface area contributed by atoms with Gasteiger partial charge >= 0.3 is 0 Å². The van der Waals surface area contributed by atoms with Gasteiger partial charge in [0, 0.05) is 17.6 Å². The Morgan fingerprint density at radius 3 is 2.74 bits per heavy atom. The summed E-state index contributed by atoms with van der Waals surface area (Å²) in [7, 11) is 0. The van der Waals surface area contributed by atoms with E-state index in [0.717, 1.165) is 6.42 Å². The third-order valence-electron chi connectivity index (χ3n) is 2.38. The molecule has 6 heteroatoms. The molecule has 0 saturated heterocycles. The summed E-state index contributed by atoms with van der Waals surface area (Å²) in [5, 5.41) is 3.35. The average Bonchev–Trinajstić information content (AvgIpc) is 2.28. The molecule has 0 radical (unpaired) electrons. The van der Waals surface area contributed by atoms with Crippen molar-refractivity contribution in [2.45, 2.75) is 32.4 Å². The Morgan fingerprint density at radius 2 is 2.16 bits per heavy atom. The third-order valence-corrected chi connectivity index (χ3v) is 2.61. The molecule has 0 aliphatic carbocycles. The number of ether oxygens (including phenoxy) is 1. The van der Waals surface area contributed by atoms with Gasteiger partial charge in [-0.2, -0.15) is 0 Å². The zero-order chi connectivity index (χ0) is 13.5. The first-order chi connectivity index (χ1) is 8.49. The van der Waals surface area contributed by atoms with Gasteiger partial charge in [0.05, 0.1) is 0 Å². The van der Waals surface area contributed by atoms with Crippen molar-refractivity contribution in [2.75, 3.05) is 6.54 Å². The minimum absolute atomic E-state index is 0. The highest BCUT2D eigenvalue weighted by Gasteiger charge is 2.14. The topological polar surface area (TPSA) is 64.3 Å². The summed E-state index contributed by atoms with van der Waals surface area (Å²) in [5.74, 6) is 0.424. The molecular formula is C13H20Cl2N2O2. The number of hydrogen-bond acceptors (Lipinski definition) is 3. The summed E-state index contributed by atoms with van der Waals surface area (Å²) in [6.07, 6.45) is 0.187. The van der Waals surface area contributed by atoms with Gasteiger partial charge < -0.3 is 15.8 Å². The lowest BCUT2D eigenvalue weighted by Gasteiger charge is -2.15. The summed E-state index contributed by atoms with van der Waals surface area (Å²) in [6.45, 7) is 4.15. The van der Waals surface area contributed by atoms with Crippen LogP contribution in [-0.2, 0) is 4.79 Å². The van der Waals surface area contributed by atoms with E-state index in [9.17, 15) is 4.79 Å². The van der Waals surface area contributed by atoms with Gasteiger partial charge in [-0.1, -0.05) is 17.7 Å². The number of hydrogen-bond donors (Lipinski definition) is 2. The van der Waals surface area contributed by atoms with Crippen LogP contribution >= 0.6 is 24.0 Å². The predicted octanol–water partition coefficient (Wildman–Crippen LogP) is 2.38. The fraction of sp³-hybridized carbons (Fsp3) is 0.462. The first kappa shape index (κ1) is 18.0. The van der Waals surface area contributed by atoms with E-state index in [1.54, 1.807) is 31.2 Å². The van der Waals surface area contributed by atoms with Crippen LogP contribution in [0.2, 0.25) is 5.02 Å². The van der Waals surface area contributed by atoms with Crippen LogP contribution in [0.5, 0.6) is 5.75 Å². The lowest BCUT2D eigenvalue weighted by molar-refractivity contribution is -0.127. The number of rotatable bonds is 6. The van der Waals surface area contributed by atoms with Gasteiger partial charge in [-0.3, -0.25) is 4.79 Å². The molecular weight excluding hydrogens is 287 g/mol. The van der Waals surface area contributed by atoms with Crippen molar-refractivity contribution in [1.82, 2.24) is 5.32 Å². The maximum atomic E-state index is 11.7. The Balaban J connectivity index is 0.00000324. The van der Waals surface area contributed by atoms with Crippen molar-refractivity contribution in [3.63, 3.8) is 0 Å². The standard InChI is InChI=1S/C13H19ClN2O2.ClH/c1-9(15)6-7-16-13(17)10(2)18-12-5-3-4-11(14)8-12;/h3-5,8-10H,6-7,15H2,1-2H3,(H,16,17);1H. The number of amides is 1. The Bertz CT molecular complexity index is 400. The molecule has 0 aliphatic heterocycles. The second kappa shape index (κ2) is 9.02. The average molecular weight is 307 g/mol. The third kappa shape index (κ3) is 7.25. The van der Waals surface area contributed by atoms with E-state index in [4.69, 9.17) is 22.1 Å². The number of benzene rings is 1. The number of nitrogens with two attached hydrogens (primary N) is 1. The SMILES string of the molecule is CC(N)CCNC(=O)C(C)Oc1cccc(Cl)c1.Cl. The van der Waals surface area contributed by atoms with Crippen LogP contribution in [0.4, 0.5) is 0 Å². The van der Waals surface area contributed by atoms with Crippen LogP contribution in [0.1, 0.15) is 20.3 Å². The van der Waals surface area contributed by atoms with E-state index in [0.29, 0.717) is 17.3 Å². The zero-order valence-corrected chi connectivity index (χ0v) is 12.6. The highest BCUT2D eigenvalue weighted by molar-refractivity contribution is 6.30. The normalized spacial score (nSPS) is 13.1.